The van der Waals surface area contributed by atoms with E-state index in [2.05, 4.69) is 21.9 Å². The van der Waals surface area contributed by atoms with Crippen LogP contribution >= 0.6 is 0 Å². The first-order valence-electron chi connectivity index (χ1n) is 7.88. The van der Waals surface area contributed by atoms with E-state index in [4.69, 9.17) is 0 Å². The number of hydrogen-bond donors (Lipinski definition) is 2. The summed E-state index contributed by atoms with van der Waals surface area (Å²) in [6.45, 7) is 4.87. The van der Waals surface area contributed by atoms with Gasteiger partial charge in [-0.2, -0.15) is 0 Å². The molecular formula is C18H23FN2O4. The summed E-state index contributed by atoms with van der Waals surface area (Å²) in [6, 6.07) is 3.90. The van der Waals surface area contributed by atoms with Crippen molar-refractivity contribution in [2.75, 3.05) is 7.11 Å². The van der Waals surface area contributed by atoms with Crippen LogP contribution in [-0.4, -0.2) is 37.0 Å². The summed E-state index contributed by atoms with van der Waals surface area (Å²) in [5, 5.41) is 5.13. The number of hydrogen-bond acceptors (Lipinski definition) is 4. The number of ether oxygens (including phenoxy) is 1. The molecule has 0 radical (unpaired) electrons. The molecule has 136 valence electrons. The van der Waals surface area contributed by atoms with E-state index in [1.807, 2.05) is 0 Å². The Kier molecular flexibility index (Phi) is 8.32. The van der Waals surface area contributed by atoms with E-state index in [-0.39, 0.29) is 18.1 Å². The number of esters is 1. The monoisotopic (exact) mass is 350 g/mol. The summed E-state index contributed by atoms with van der Waals surface area (Å²) in [7, 11) is 1.24. The Labute approximate surface area is 146 Å². The van der Waals surface area contributed by atoms with Crippen LogP contribution in [0, 0.1) is 5.82 Å². The number of methoxy groups -OCH3 is 1. The number of amides is 2. The molecule has 0 aromatic heterocycles. The zero-order chi connectivity index (χ0) is 18.8. The van der Waals surface area contributed by atoms with Gasteiger partial charge in [0.1, 0.15) is 17.9 Å². The molecule has 2 N–H and O–H groups in total. The number of allylic oxidation sites excluding steroid dienone is 1. The van der Waals surface area contributed by atoms with Crippen LogP contribution < -0.4 is 10.6 Å². The molecule has 0 fully saturated rings. The normalized spacial score (nSPS) is 12.6. The molecule has 1 aromatic carbocycles. The van der Waals surface area contributed by atoms with Crippen molar-refractivity contribution in [3.63, 3.8) is 0 Å². The van der Waals surface area contributed by atoms with Crippen LogP contribution in [0.1, 0.15) is 25.3 Å². The van der Waals surface area contributed by atoms with Gasteiger partial charge in [-0.1, -0.05) is 18.2 Å². The molecular weight excluding hydrogens is 327 g/mol. The van der Waals surface area contributed by atoms with Crippen LogP contribution in [0.3, 0.4) is 0 Å². The van der Waals surface area contributed by atoms with Gasteiger partial charge in [0.2, 0.25) is 11.8 Å². The fourth-order valence-corrected chi connectivity index (χ4v) is 2.26. The highest BCUT2D eigenvalue weighted by molar-refractivity contribution is 5.90. The van der Waals surface area contributed by atoms with Gasteiger partial charge in [-0.15, -0.1) is 6.58 Å². The van der Waals surface area contributed by atoms with E-state index in [9.17, 15) is 18.8 Å². The maximum absolute atomic E-state index is 13.0. The quantitative estimate of drug-likeness (QED) is 0.522. The molecule has 0 aliphatic rings. The maximum Gasteiger partial charge on any atom is 0.328 e. The SMILES string of the molecule is C=CCC[C@@H](NC(=O)[C@H](Cc1ccc(F)cc1)NC(C)=O)C(=O)OC. The van der Waals surface area contributed by atoms with Gasteiger partial charge in [0.05, 0.1) is 7.11 Å². The van der Waals surface area contributed by atoms with Crippen LogP contribution in [-0.2, 0) is 25.5 Å². The zero-order valence-corrected chi connectivity index (χ0v) is 14.4. The fraction of sp³-hybridized carbons (Fsp3) is 0.389. The summed E-state index contributed by atoms with van der Waals surface area (Å²) in [6.07, 6.45) is 2.65. The molecule has 0 saturated carbocycles. The minimum atomic E-state index is -0.890. The minimum absolute atomic E-state index is 0.168. The highest BCUT2D eigenvalue weighted by Gasteiger charge is 2.26. The number of nitrogens with one attached hydrogen (secondary N) is 2. The number of halogens is 1. The van der Waals surface area contributed by atoms with Crippen LogP contribution in [0.15, 0.2) is 36.9 Å². The predicted molar refractivity (Wildman–Crippen MR) is 91.1 cm³/mol. The van der Waals surface area contributed by atoms with E-state index >= 15 is 0 Å². The summed E-state index contributed by atoms with van der Waals surface area (Å²) in [4.78, 5) is 35.7. The Morgan fingerprint density at radius 3 is 2.36 bits per heavy atom. The molecule has 0 aliphatic heterocycles. The molecule has 7 heteroatoms. The first kappa shape index (κ1) is 20.3. The predicted octanol–water partition coefficient (Wildman–Crippen LogP) is 1.50. The lowest BCUT2D eigenvalue weighted by Crippen LogP contribution is -2.52. The van der Waals surface area contributed by atoms with Crippen molar-refractivity contribution < 1.29 is 23.5 Å². The molecule has 1 rings (SSSR count). The molecule has 6 nitrogen and oxygen atoms in total. The molecule has 1 aromatic rings. The maximum atomic E-state index is 13.0. The van der Waals surface area contributed by atoms with Gasteiger partial charge in [-0.05, 0) is 30.5 Å². The molecule has 0 heterocycles. The van der Waals surface area contributed by atoms with E-state index in [1.165, 1.54) is 38.3 Å². The minimum Gasteiger partial charge on any atom is -0.467 e. The third-order valence-electron chi connectivity index (χ3n) is 3.51. The molecule has 2 amide bonds. The molecule has 0 bridgehead atoms. The number of benzene rings is 1. The standard InChI is InChI=1S/C18H23FN2O4/c1-4-5-6-15(18(24)25-3)21-17(23)16(20-12(2)22)11-13-7-9-14(19)10-8-13/h4,7-10,15-16H,1,5-6,11H2,2-3H3,(H,20,22)(H,21,23)/t15-,16+/m1/s1. The van der Waals surface area contributed by atoms with Crippen LogP contribution in [0.2, 0.25) is 0 Å². The highest BCUT2D eigenvalue weighted by Crippen LogP contribution is 2.08. The fourth-order valence-electron chi connectivity index (χ4n) is 2.26. The Hall–Kier alpha value is -2.70. The van der Waals surface area contributed by atoms with Crippen molar-refractivity contribution >= 4 is 17.8 Å². The lowest BCUT2D eigenvalue weighted by molar-refractivity contribution is -0.145. The van der Waals surface area contributed by atoms with Crippen LogP contribution in [0.5, 0.6) is 0 Å². The first-order valence-corrected chi connectivity index (χ1v) is 7.88. The van der Waals surface area contributed by atoms with Gasteiger partial charge in [0.25, 0.3) is 0 Å². The molecule has 2 atom stereocenters. The summed E-state index contributed by atoms with van der Waals surface area (Å²) < 4.78 is 17.7. The van der Waals surface area contributed by atoms with Gasteiger partial charge < -0.3 is 15.4 Å². The molecule has 25 heavy (non-hydrogen) atoms. The second-order valence-electron chi connectivity index (χ2n) is 5.53. The Balaban J connectivity index is 2.86. The lowest BCUT2D eigenvalue weighted by atomic mass is 10.0. The van der Waals surface area contributed by atoms with Gasteiger partial charge in [-0.3, -0.25) is 9.59 Å². The Morgan fingerprint density at radius 1 is 1.20 bits per heavy atom. The summed E-state index contributed by atoms with van der Waals surface area (Å²) >= 11 is 0. The van der Waals surface area contributed by atoms with Crippen molar-refractivity contribution in [1.29, 1.82) is 0 Å². The van der Waals surface area contributed by atoms with Gasteiger partial charge in [0.15, 0.2) is 0 Å². The average molecular weight is 350 g/mol. The third-order valence-corrected chi connectivity index (χ3v) is 3.51. The van der Waals surface area contributed by atoms with E-state index in [1.54, 1.807) is 6.08 Å². The number of carbonyl (C=O) groups is 3. The zero-order valence-electron chi connectivity index (χ0n) is 14.4. The van der Waals surface area contributed by atoms with Crippen LogP contribution in [0.25, 0.3) is 0 Å². The topological polar surface area (TPSA) is 84.5 Å². The number of rotatable bonds is 9. The Bertz CT molecular complexity index is 616. The summed E-state index contributed by atoms with van der Waals surface area (Å²) in [5.41, 5.74) is 0.677. The first-order chi connectivity index (χ1) is 11.9. The van der Waals surface area contributed by atoms with Crippen molar-refractivity contribution in [3.8, 4) is 0 Å². The second kappa shape index (κ2) is 10.2. The molecule has 0 aliphatic carbocycles. The van der Waals surface area contributed by atoms with E-state index < -0.39 is 24.0 Å². The smallest absolute Gasteiger partial charge is 0.328 e. The second-order valence-corrected chi connectivity index (χ2v) is 5.53. The largest absolute Gasteiger partial charge is 0.467 e. The van der Waals surface area contributed by atoms with Gasteiger partial charge in [-0.25, -0.2) is 9.18 Å². The van der Waals surface area contributed by atoms with Crippen LogP contribution in [0.4, 0.5) is 4.39 Å². The molecule has 0 saturated heterocycles. The van der Waals surface area contributed by atoms with Crippen molar-refractivity contribution in [3.05, 3.63) is 48.3 Å². The van der Waals surface area contributed by atoms with Crippen molar-refractivity contribution in [2.24, 2.45) is 0 Å². The average Bonchev–Trinajstić information content (AvgIpc) is 2.58. The van der Waals surface area contributed by atoms with E-state index in [0.29, 0.717) is 18.4 Å². The van der Waals surface area contributed by atoms with Crippen molar-refractivity contribution in [2.45, 2.75) is 38.3 Å². The Morgan fingerprint density at radius 2 is 1.84 bits per heavy atom. The van der Waals surface area contributed by atoms with Gasteiger partial charge in [0, 0.05) is 13.3 Å². The summed E-state index contributed by atoms with van der Waals surface area (Å²) in [5.74, 6) is -1.86. The molecule has 0 unspecified atom stereocenters. The highest BCUT2D eigenvalue weighted by atomic mass is 19.1. The molecule has 0 spiro atoms. The van der Waals surface area contributed by atoms with E-state index in [0.717, 1.165) is 0 Å². The lowest BCUT2D eigenvalue weighted by Gasteiger charge is -2.21. The third kappa shape index (κ3) is 7.15. The van der Waals surface area contributed by atoms with Crippen molar-refractivity contribution in [1.82, 2.24) is 10.6 Å². The number of carbonyl (C=O) groups excluding carboxylic acids is 3. The van der Waals surface area contributed by atoms with Gasteiger partial charge >= 0.3 is 5.97 Å².